The quantitative estimate of drug-likeness (QED) is 0.413. The molecule has 0 heterocycles. The van der Waals surface area contributed by atoms with Gasteiger partial charge in [-0.1, -0.05) is 46.0 Å². The normalized spacial score (nSPS) is 9.83. The molecule has 0 amide bonds. The predicted molar refractivity (Wildman–Crippen MR) is 99.6 cm³/mol. The van der Waals surface area contributed by atoms with Crippen LogP contribution in [-0.4, -0.2) is 18.3 Å². The lowest BCUT2D eigenvalue weighted by molar-refractivity contribution is 0.0526. The summed E-state index contributed by atoms with van der Waals surface area (Å²) in [6.45, 7) is 2.17. The van der Waals surface area contributed by atoms with Crippen LogP contribution in [0.5, 0.6) is 0 Å². The Bertz CT molecular complexity index is 731. The molecule has 0 saturated heterocycles. The fraction of sp³-hybridized carbons (Fsp3) is 0.211. The van der Waals surface area contributed by atoms with Gasteiger partial charge in [0, 0.05) is 15.8 Å². The van der Waals surface area contributed by atoms with E-state index >= 15 is 0 Å². The van der Waals surface area contributed by atoms with E-state index in [0.717, 1.165) is 21.5 Å². The van der Waals surface area contributed by atoms with Gasteiger partial charge in [-0.25, -0.2) is 4.79 Å². The van der Waals surface area contributed by atoms with Crippen molar-refractivity contribution < 1.29 is 9.53 Å². The minimum absolute atomic E-state index is 0.305. The molecule has 2 aromatic carbocycles. The van der Waals surface area contributed by atoms with Crippen molar-refractivity contribution in [3.05, 3.63) is 69.7 Å². The maximum Gasteiger partial charge on any atom is 0.338 e. The molecule has 0 spiro atoms. The predicted octanol–water partition coefficient (Wildman–Crippen LogP) is 4.91. The summed E-state index contributed by atoms with van der Waals surface area (Å²) in [6.07, 6.45) is 0. The minimum Gasteiger partial charge on any atom is -0.462 e. The van der Waals surface area contributed by atoms with Crippen molar-refractivity contribution in [2.75, 3.05) is 12.4 Å². The third kappa shape index (κ3) is 6.13. The van der Waals surface area contributed by atoms with Crippen LogP contribution in [0.25, 0.3) is 0 Å². The summed E-state index contributed by atoms with van der Waals surface area (Å²) in [4.78, 5) is 11.7. The maximum absolute atomic E-state index is 11.7. The average Bonchev–Trinajstić information content (AvgIpc) is 2.55. The lowest BCUT2D eigenvalue weighted by atomic mass is 10.1. The molecule has 0 aliphatic rings. The molecule has 2 nitrogen and oxygen atoms in total. The minimum atomic E-state index is -0.305. The van der Waals surface area contributed by atoms with Crippen molar-refractivity contribution in [2.45, 2.75) is 12.7 Å². The van der Waals surface area contributed by atoms with Crippen molar-refractivity contribution >= 4 is 33.7 Å². The second-order valence-corrected chi connectivity index (χ2v) is 6.63. The van der Waals surface area contributed by atoms with Crippen LogP contribution >= 0.6 is 27.7 Å². The first-order valence-electron chi connectivity index (χ1n) is 7.27. The van der Waals surface area contributed by atoms with E-state index in [4.69, 9.17) is 4.74 Å². The zero-order valence-corrected chi connectivity index (χ0v) is 15.2. The van der Waals surface area contributed by atoms with Crippen LogP contribution in [0.4, 0.5) is 0 Å². The highest BCUT2D eigenvalue weighted by atomic mass is 79.9. The third-order valence-corrected chi connectivity index (χ3v) is 4.32. The van der Waals surface area contributed by atoms with Gasteiger partial charge in [0.1, 0.15) is 0 Å². The van der Waals surface area contributed by atoms with Crippen LogP contribution in [0.1, 0.15) is 28.4 Å². The fourth-order valence-corrected chi connectivity index (χ4v) is 3.06. The smallest absolute Gasteiger partial charge is 0.338 e. The van der Waals surface area contributed by atoms with Gasteiger partial charge in [-0.3, -0.25) is 0 Å². The molecular formula is C19H17BrO2S. The van der Waals surface area contributed by atoms with Crippen LogP contribution < -0.4 is 0 Å². The maximum atomic E-state index is 11.7. The molecule has 0 fully saturated rings. The highest BCUT2D eigenvalue weighted by Crippen LogP contribution is 2.16. The Hall–Kier alpha value is -1.70. The standard InChI is InChI=1S/C19H17BrO2S/c1-2-22-19(21)17-9-3-6-15(12-17)8-5-11-23-14-16-7-4-10-18(20)13-16/h3-4,6-7,9-10,12-13H,2,11,14H2,1H3. The Kier molecular flexibility index (Phi) is 7.25. The van der Waals surface area contributed by atoms with Gasteiger partial charge in [0.05, 0.1) is 17.9 Å². The van der Waals surface area contributed by atoms with E-state index in [1.807, 2.05) is 24.3 Å². The number of hydrogen-bond donors (Lipinski definition) is 0. The summed E-state index contributed by atoms with van der Waals surface area (Å²) in [6, 6.07) is 15.5. The average molecular weight is 389 g/mol. The molecule has 0 radical (unpaired) electrons. The van der Waals surface area contributed by atoms with Crippen LogP contribution in [0, 0.1) is 11.8 Å². The first kappa shape index (κ1) is 17.7. The van der Waals surface area contributed by atoms with E-state index in [9.17, 15) is 4.79 Å². The number of rotatable bonds is 5. The largest absolute Gasteiger partial charge is 0.462 e. The first-order valence-corrected chi connectivity index (χ1v) is 9.22. The number of esters is 1. The molecule has 0 aliphatic heterocycles. The Morgan fingerprint density at radius 2 is 2.04 bits per heavy atom. The Labute approximate surface area is 149 Å². The highest BCUT2D eigenvalue weighted by Gasteiger charge is 2.05. The summed E-state index contributed by atoms with van der Waals surface area (Å²) in [7, 11) is 0. The molecule has 118 valence electrons. The van der Waals surface area contributed by atoms with Crippen LogP contribution in [0.2, 0.25) is 0 Å². The van der Waals surface area contributed by atoms with Crippen LogP contribution in [0.3, 0.4) is 0 Å². The molecule has 0 N–H and O–H groups in total. The number of thioether (sulfide) groups is 1. The Balaban J connectivity index is 1.87. The number of halogens is 1. The zero-order valence-electron chi connectivity index (χ0n) is 12.8. The van der Waals surface area contributed by atoms with Gasteiger partial charge in [-0.05, 0) is 42.8 Å². The molecule has 0 bridgehead atoms. The molecule has 0 atom stereocenters. The van der Waals surface area contributed by atoms with E-state index in [-0.39, 0.29) is 5.97 Å². The zero-order chi connectivity index (χ0) is 16.5. The number of carbonyl (C=O) groups is 1. The van der Waals surface area contributed by atoms with E-state index in [2.05, 4.69) is 39.9 Å². The molecule has 0 aliphatic carbocycles. The molecule has 2 aromatic rings. The summed E-state index contributed by atoms with van der Waals surface area (Å²) >= 11 is 5.24. The summed E-state index contributed by atoms with van der Waals surface area (Å²) in [5.41, 5.74) is 2.65. The highest BCUT2D eigenvalue weighted by molar-refractivity contribution is 9.10. The van der Waals surface area contributed by atoms with E-state index in [1.54, 1.807) is 30.8 Å². The molecular weight excluding hydrogens is 372 g/mol. The van der Waals surface area contributed by atoms with Gasteiger partial charge in [0.25, 0.3) is 0 Å². The van der Waals surface area contributed by atoms with E-state index in [1.165, 1.54) is 5.56 Å². The molecule has 2 rings (SSSR count). The topological polar surface area (TPSA) is 26.3 Å². The fourth-order valence-electron chi connectivity index (χ4n) is 1.92. The molecule has 23 heavy (non-hydrogen) atoms. The number of ether oxygens (including phenoxy) is 1. The Morgan fingerprint density at radius 1 is 1.22 bits per heavy atom. The van der Waals surface area contributed by atoms with Crippen LogP contribution in [0.15, 0.2) is 53.0 Å². The van der Waals surface area contributed by atoms with Crippen LogP contribution in [-0.2, 0) is 10.5 Å². The van der Waals surface area contributed by atoms with E-state index in [0.29, 0.717) is 12.2 Å². The van der Waals surface area contributed by atoms with Crippen molar-refractivity contribution in [3.63, 3.8) is 0 Å². The van der Waals surface area contributed by atoms with Gasteiger partial charge >= 0.3 is 5.97 Å². The Morgan fingerprint density at radius 3 is 2.83 bits per heavy atom. The van der Waals surface area contributed by atoms with Crippen molar-refractivity contribution in [1.29, 1.82) is 0 Å². The second-order valence-electron chi connectivity index (χ2n) is 4.73. The lowest BCUT2D eigenvalue weighted by Gasteiger charge is -2.01. The molecule has 0 saturated carbocycles. The van der Waals surface area contributed by atoms with Gasteiger partial charge in [-0.15, -0.1) is 11.8 Å². The molecule has 0 unspecified atom stereocenters. The monoisotopic (exact) mass is 388 g/mol. The molecule has 4 heteroatoms. The van der Waals surface area contributed by atoms with Gasteiger partial charge in [0.15, 0.2) is 0 Å². The molecule has 0 aromatic heterocycles. The van der Waals surface area contributed by atoms with Gasteiger partial charge < -0.3 is 4.74 Å². The van der Waals surface area contributed by atoms with Crippen molar-refractivity contribution in [1.82, 2.24) is 0 Å². The second kappa shape index (κ2) is 9.44. The lowest BCUT2D eigenvalue weighted by Crippen LogP contribution is -2.04. The SMILES string of the molecule is CCOC(=O)c1cccc(C#CCSCc2cccc(Br)c2)c1. The summed E-state index contributed by atoms with van der Waals surface area (Å²) < 4.78 is 6.08. The number of carbonyl (C=O) groups excluding carboxylic acids is 1. The van der Waals surface area contributed by atoms with Gasteiger partial charge in [0.2, 0.25) is 0 Å². The number of benzene rings is 2. The summed E-state index contributed by atoms with van der Waals surface area (Å²) in [5.74, 6) is 7.59. The van der Waals surface area contributed by atoms with Gasteiger partial charge in [-0.2, -0.15) is 0 Å². The van der Waals surface area contributed by atoms with Crippen molar-refractivity contribution in [3.8, 4) is 11.8 Å². The van der Waals surface area contributed by atoms with Crippen molar-refractivity contribution in [2.24, 2.45) is 0 Å². The first-order chi connectivity index (χ1) is 11.2. The van der Waals surface area contributed by atoms with E-state index < -0.39 is 0 Å². The summed E-state index contributed by atoms with van der Waals surface area (Å²) in [5, 5.41) is 0. The third-order valence-electron chi connectivity index (χ3n) is 2.94. The number of hydrogen-bond acceptors (Lipinski definition) is 3.